The van der Waals surface area contributed by atoms with Gasteiger partial charge in [-0.3, -0.25) is 4.98 Å². The minimum Gasteiger partial charge on any atom is -0.506 e. The number of rotatable bonds is 1. The van der Waals surface area contributed by atoms with Gasteiger partial charge >= 0.3 is 0 Å². The zero-order valence-corrected chi connectivity index (χ0v) is 9.39. The monoisotopic (exact) mass is 227 g/mol. The van der Waals surface area contributed by atoms with Crippen LogP contribution in [0.25, 0.3) is 11.1 Å². The highest BCUT2D eigenvalue weighted by Gasteiger charge is 2.15. The van der Waals surface area contributed by atoms with Crippen molar-refractivity contribution in [1.29, 1.82) is 0 Å². The van der Waals surface area contributed by atoms with E-state index in [1.807, 2.05) is 12.1 Å². The van der Waals surface area contributed by atoms with Gasteiger partial charge in [0.05, 0.1) is 12.8 Å². The summed E-state index contributed by atoms with van der Waals surface area (Å²) in [5.41, 5.74) is 3.13. The number of aromatic nitrogens is 1. The topological polar surface area (TPSA) is 42.4 Å². The summed E-state index contributed by atoms with van der Waals surface area (Å²) in [6.45, 7) is 0.760. The number of fused-ring (bicyclic) bond motifs is 1. The number of benzene rings is 1. The smallest absolute Gasteiger partial charge is 0.134 e. The Morgan fingerprint density at radius 3 is 3.06 bits per heavy atom. The summed E-state index contributed by atoms with van der Waals surface area (Å²) in [4.78, 5) is 4.00. The van der Waals surface area contributed by atoms with Gasteiger partial charge in [-0.05, 0) is 24.5 Å². The number of hydrogen-bond acceptors (Lipinski definition) is 3. The summed E-state index contributed by atoms with van der Waals surface area (Å²) >= 11 is 0. The largest absolute Gasteiger partial charge is 0.506 e. The second kappa shape index (κ2) is 4.09. The van der Waals surface area contributed by atoms with Gasteiger partial charge in [0, 0.05) is 17.3 Å². The van der Waals surface area contributed by atoms with Crippen LogP contribution in [0, 0.1) is 0 Å². The fourth-order valence-electron chi connectivity index (χ4n) is 2.19. The van der Waals surface area contributed by atoms with Crippen molar-refractivity contribution in [3.05, 3.63) is 42.2 Å². The van der Waals surface area contributed by atoms with Crippen LogP contribution in [0.4, 0.5) is 0 Å². The molecule has 0 atom stereocenters. The van der Waals surface area contributed by atoms with Crippen LogP contribution in [-0.4, -0.2) is 16.7 Å². The SMILES string of the molecule is Oc1cncc(-c2cccc3c2OCCC3)c1. The Balaban J connectivity index is 2.14. The number of hydrogen-bond donors (Lipinski definition) is 1. The van der Waals surface area contributed by atoms with Gasteiger partial charge in [-0.2, -0.15) is 0 Å². The van der Waals surface area contributed by atoms with E-state index in [9.17, 15) is 5.11 Å². The van der Waals surface area contributed by atoms with E-state index in [0.29, 0.717) is 0 Å². The van der Waals surface area contributed by atoms with E-state index in [4.69, 9.17) is 4.74 Å². The molecule has 1 aromatic carbocycles. The quantitative estimate of drug-likeness (QED) is 0.814. The van der Waals surface area contributed by atoms with E-state index < -0.39 is 0 Å². The van der Waals surface area contributed by atoms with Gasteiger partial charge in [0.15, 0.2) is 0 Å². The molecule has 1 aliphatic heterocycles. The molecule has 2 aromatic rings. The molecule has 1 N–H and O–H groups in total. The van der Waals surface area contributed by atoms with Crippen molar-refractivity contribution in [2.75, 3.05) is 6.61 Å². The summed E-state index contributed by atoms with van der Waals surface area (Å²) in [6.07, 6.45) is 5.29. The van der Waals surface area contributed by atoms with Crippen LogP contribution in [0.15, 0.2) is 36.7 Å². The van der Waals surface area contributed by atoms with Crippen molar-refractivity contribution in [3.63, 3.8) is 0 Å². The lowest BCUT2D eigenvalue weighted by atomic mass is 9.98. The lowest BCUT2D eigenvalue weighted by Gasteiger charge is -2.20. The van der Waals surface area contributed by atoms with Crippen LogP contribution in [0.1, 0.15) is 12.0 Å². The Labute approximate surface area is 99.7 Å². The average Bonchev–Trinajstić information content (AvgIpc) is 2.38. The van der Waals surface area contributed by atoms with Crippen LogP contribution >= 0.6 is 0 Å². The number of pyridine rings is 1. The lowest BCUT2D eigenvalue weighted by molar-refractivity contribution is 0.289. The zero-order valence-electron chi connectivity index (χ0n) is 9.39. The van der Waals surface area contributed by atoms with Gasteiger partial charge in [-0.25, -0.2) is 0 Å². The molecule has 0 aliphatic carbocycles. The maximum Gasteiger partial charge on any atom is 0.134 e. The van der Waals surface area contributed by atoms with E-state index in [1.54, 1.807) is 12.3 Å². The summed E-state index contributed by atoms with van der Waals surface area (Å²) in [6, 6.07) is 7.82. The molecule has 0 spiro atoms. The Kier molecular flexibility index (Phi) is 2.44. The van der Waals surface area contributed by atoms with Crippen molar-refractivity contribution in [1.82, 2.24) is 4.98 Å². The molecule has 17 heavy (non-hydrogen) atoms. The molecule has 0 saturated carbocycles. The molecule has 3 rings (SSSR count). The first-order valence-corrected chi connectivity index (χ1v) is 5.74. The first kappa shape index (κ1) is 10.1. The molecule has 3 heteroatoms. The highest BCUT2D eigenvalue weighted by molar-refractivity contribution is 5.72. The first-order valence-electron chi connectivity index (χ1n) is 5.74. The second-order valence-electron chi connectivity index (χ2n) is 4.18. The number of nitrogens with zero attached hydrogens (tertiary/aromatic N) is 1. The number of ether oxygens (including phenoxy) is 1. The third-order valence-electron chi connectivity index (χ3n) is 2.97. The molecule has 0 amide bonds. The molecule has 1 aromatic heterocycles. The van der Waals surface area contributed by atoms with Gasteiger partial charge in [0.25, 0.3) is 0 Å². The standard InChI is InChI=1S/C14H13NO2/c16-12-7-11(8-15-9-12)13-5-1-3-10-4-2-6-17-14(10)13/h1,3,5,7-9,16H,2,4,6H2. The number of aromatic hydroxyl groups is 1. The van der Waals surface area contributed by atoms with Gasteiger partial charge in [-0.15, -0.1) is 0 Å². The van der Waals surface area contributed by atoms with Crippen molar-refractivity contribution in [3.8, 4) is 22.6 Å². The molecular formula is C14H13NO2. The average molecular weight is 227 g/mol. The van der Waals surface area contributed by atoms with Crippen molar-refractivity contribution in [2.24, 2.45) is 0 Å². The molecular weight excluding hydrogens is 214 g/mol. The molecule has 2 heterocycles. The fourth-order valence-corrected chi connectivity index (χ4v) is 2.19. The Bertz CT molecular complexity index is 552. The van der Waals surface area contributed by atoms with E-state index >= 15 is 0 Å². The van der Waals surface area contributed by atoms with Crippen LogP contribution in [-0.2, 0) is 6.42 Å². The predicted octanol–water partition coefficient (Wildman–Crippen LogP) is 2.78. The summed E-state index contributed by atoms with van der Waals surface area (Å²) in [5, 5.41) is 9.48. The van der Waals surface area contributed by atoms with Gasteiger partial charge in [-0.1, -0.05) is 18.2 Å². The minimum absolute atomic E-state index is 0.177. The third-order valence-corrected chi connectivity index (χ3v) is 2.97. The van der Waals surface area contributed by atoms with Crippen molar-refractivity contribution < 1.29 is 9.84 Å². The highest BCUT2D eigenvalue weighted by atomic mass is 16.5. The Morgan fingerprint density at radius 2 is 2.18 bits per heavy atom. The summed E-state index contributed by atoms with van der Waals surface area (Å²) < 4.78 is 5.74. The molecule has 0 unspecified atom stereocenters. The molecule has 0 fully saturated rings. The molecule has 1 aliphatic rings. The Hall–Kier alpha value is -2.03. The van der Waals surface area contributed by atoms with Gasteiger partial charge < -0.3 is 9.84 Å². The van der Waals surface area contributed by atoms with Gasteiger partial charge in [0.1, 0.15) is 11.5 Å². The molecule has 0 radical (unpaired) electrons. The first-order chi connectivity index (χ1) is 8.34. The summed E-state index contributed by atoms with van der Waals surface area (Å²) in [7, 11) is 0. The Morgan fingerprint density at radius 1 is 1.24 bits per heavy atom. The normalized spacial score (nSPS) is 13.9. The number of para-hydroxylation sites is 1. The van der Waals surface area contributed by atoms with E-state index in [2.05, 4.69) is 11.1 Å². The molecule has 0 bridgehead atoms. The van der Waals surface area contributed by atoms with Crippen molar-refractivity contribution >= 4 is 0 Å². The molecule has 0 saturated heterocycles. The van der Waals surface area contributed by atoms with Crippen LogP contribution in [0.3, 0.4) is 0 Å². The minimum atomic E-state index is 0.177. The molecule has 3 nitrogen and oxygen atoms in total. The fraction of sp³-hybridized carbons (Fsp3) is 0.214. The van der Waals surface area contributed by atoms with E-state index in [-0.39, 0.29) is 5.75 Å². The van der Waals surface area contributed by atoms with Gasteiger partial charge in [0.2, 0.25) is 0 Å². The maximum atomic E-state index is 9.48. The van der Waals surface area contributed by atoms with Crippen LogP contribution in [0.2, 0.25) is 0 Å². The van der Waals surface area contributed by atoms with E-state index in [0.717, 1.165) is 36.3 Å². The summed E-state index contributed by atoms with van der Waals surface area (Å²) in [5.74, 6) is 1.11. The third kappa shape index (κ3) is 1.84. The highest BCUT2D eigenvalue weighted by Crippen LogP contribution is 2.36. The van der Waals surface area contributed by atoms with Crippen molar-refractivity contribution in [2.45, 2.75) is 12.8 Å². The van der Waals surface area contributed by atoms with Crippen LogP contribution < -0.4 is 4.74 Å². The molecule has 86 valence electrons. The second-order valence-corrected chi connectivity index (χ2v) is 4.18. The number of aryl methyl sites for hydroxylation is 1. The van der Waals surface area contributed by atoms with Crippen LogP contribution in [0.5, 0.6) is 11.5 Å². The van der Waals surface area contributed by atoms with E-state index in [1.165, 1.54) is 11.8 Å². The zero-order chi connectivity index (χ0) is 11.7. The lowest BCUT2D eigenvalue weighted by Crippen LogP contribution is -2.09. The maximum absolute atomic E-state index is 9.48. The predicted molar refractivity (Wildman–Crippen MR) is 65.2 cm³/mol.